The van der Waals surface area contributed by atoms with Gasteiger partial charge in [-0.15, -0.1) is 0 Å². The lowest BCUT2D eigenvalue weighted by Gasteiger charge is -2.11. The standard InChI is InChI=1S/C12H13IN4/c1-7(2)10-9(13)11(14)17-12(16-10)8-3-5-15-6-4-8/h3-7H,1-2H3,(H2,14,16,17). The molecule has 2 heterocycles. The van der Waals surface area contributed by atoms with Gasteiger partial charge in [-0.25, -0.2) is 9.97 Å². The average molecular weight is 340 g/mol. The van der Waals surface area contributed by atoms with Crippen LogP contribution in [0.1, 0.15) is 25.5 Å². The van der Waals surface area contributed by atoms with Crippen molar-refractivity contribution in [2.24, 2.45) is 0 Å². The average Bonchev–Trinajstić information content (AvgIpc) is 2.33. The maximum atomic E-state index is 5.92. The van der Waals surface area contributed by atoms with Gasteiger partial charge in [-0.3, -0.25) is 4.98 Å². The molecule has 0 bridgehead atoms. The SMILES string of the molecule is CC(C)c1nc(-c2ccncc2)nc(N)c1I. The molecule has 2 aromatic rings. The number of nitrogen functional groups attached to an aromatic ring is 1. The first-order chi connectivity index (χ1) is 8.09. The van der Waals surface area contributed by atoms with Crippen molar-refractivity contribution in [3.63, 3.8) is 0 Å². The highest BCUT2D eigenvalue weighted by atomic mass is 127. The van der Waals surface area contributed by atoms with E-state index in [9.17, 15) is 0 Å². The van der Waals surface area contributed by atoms with Crippen molar-refractivity contribution in [3.05, 3.63) is 33.8 Å². The molecule has 0 atom stereocenters. The summed E-state index contributed by atoms with van der Waals surface area (Å²) in [5, 5.41) is 0. The van der Waals surface area contributed by atoms with Crippen LogP contribution in [0.25, 0.3) is 11.4 Å². The minimum atomic E-state index is 0.327. The van der Waals surface area contributed by atoms with Crippen molar-refractivity contribution in [2.75, 3.05) is 5.73 Å². The van der Waals surface area contributed by atoms with Crippen LogP contribution in [-0.4, -0.2) is 15.0 Å². The summed E-state index contributed by atoms with van der Waals surface area (Å²) in [6.45, 7) is 4.19. The van der Waals surface area contributed by atoms with Gasteiger partial charge in [0.15, 0.2) is 5.82 Å². The van der Waals surface area contributed by atoms with Gasteiger partial charge in [-0.2, -0.15) is 0 Å². The fourth-order valence-electron chi connectivity index (χ4n) is 1.50. The maximum absolute atomic E-state index is 5.92. The zero-order valence-corrected chi connectivity index (χ0v) is 11.8. The Kier molecular flexibility index (Phi) is 3.56. The third kappa shape index (κ3) is 2.54. The van der Waals surface area contributed by atoms with Gasteiger partial charge in [-0.05, 0) is 40.6 Å². The van der Waals surface area contributed by atoms with E-state index in [1.165, 1.54) is 0 Å². The Balaban J connectivity index is 2.57. The number of nitrogens with two attached hydrogens (primary N) is 1. The molecule has 0 unspecified atom stereocenters. The van der Waals surface area contributed by atoms with Crippen LogP contribution in [0.2, 0.25) is 0 Å². The third-order valence-corrected chi connectivity index (χ3v) is 3.49. The summed E-state index contributed by atoms with van der Waals surface area (Å²) in [4.78, 5) is 12.9. The molecule has 0 saturated heterocycles. The largest absolute Gasteiger partial charge is 0.383 e. The Labute approximate surface area is 114 Å². The summed E-state index contributed by atoms with van der Waals surface area (Å²) in [6.07, 6.45) is 3.45. The van der Waals surface area contributed by atoms with Crippen molar-refractivity contribution in [2.45, 2.75) is 19.8 Å². The van der Waals surface area contributed by atoms with E-state index < -0.39 is 0 Å². The molecule has 0 radical (unpaired) electrons. The Morgan fingerprint density at radius 2 is 1.82 bits per heavy atom. The first-order valence-electron chi connectivity index (χ1n) is 5.33. The van der Waals surface area contributed by atoms with Crippen LogP contribution in [0.4, 0.5) is 5.82 Å². The molecule has 2 N–H and O–H groups in total. The molecule has 0 aliphatic carbocycles. The summed E-state index contributed by atoms with van der Waals surface area (Å²) in [7, 11) is 0. The molecule has 4 nitrogen and oxygen atoms in total. The highest BCUT2D eigenvalue weighted by molar-refractivity contribution is 14.1. The van der Waals surface area contributed by atoms with Crippen molar-refractivity contribution in [1.29, 1.82) is 0 Å². The van der Waals surface area contributed by atoms with Crippen LogP contribution in [0.5, 0.6) is 0 Å². The van der Waals surface area contributed by atoms with Crippen LogP contribution in [0.3, 0.4) is 0 Å². The minimum absolute atomic E-state index is 0.327. The number of rotatable bonds is 2. The minimum Gasteiger partial charge on any atom is -0.383 e. The quantitative estimate of drug-likeness (QED) is 0.854. The van der Waals surface area contributed by atoms with E-state index in [1.54, 1.807) is 12.4 Å². The Bertz CT molecular complexity index is 526. The third-order valence-electron chi connectivity index (χ3n) is 2.39. The summed E-state index contributed by atoms with van der Waals surface area (Å²) in [5.74, 6) is 1.53. The maximum Gasteiger partial charge on any atom is 0.161 e. The summed E-state index contributed by atoms with van der Waals surface area (Å²) >= 11 is 2.19. The topological polar surface area (TPSA) is 64.7 Å². The lowest BCUT2D eigenvalue weighted by molar-refractivity contribution is 0.810. The van der Waals surface area contributed by atoms with Gasteiger partial charge in [0.05, 0.1) is 9.26 Å². The van der Waals surface area contributed by atoms with Crippen LogP contribution in [-0.2, 0) is 0 Å². The fourth-order valence-corrected chi connectivity index (χ4v) is 2.36. The Hall–Kier alpha value is -1.24. The molecule has 0 saturated carbocycles. The van der Waals surface area contributed by atoms with E-state index in [0.29, 0.717) is 17.6 Å². The van der Waals surface area contributed by atoms with Crippen molar-refractivity contribution in [1.82, 2.24) is 15.0 Å². The van der Waals surface area contributed by atoms with Crippen LogP contribution < -0.4 is 5.73 Å². The molecule has 88 valence electrons. The highest BCUT2D eigenvalue weighted by Crippen LogP contribution is 2.26. The summed E-state index contributed by atoms with van der Waals surface area (Å²) < 4.78 is 0.940. The predicted octanol–water partition coefficient (Wildman–Crippen LogP) is 2.85. The van der Waals surface area contributed by atoms with E-state index in [0.717, 1.165) is 14.8 Å². The fraction of sp³-hybridized carbons (Fsp3) is 0.250. The second-order valence-electron chi connectivity index (χ2n) is 4.02. The molecule has 17 heavy (non-hydrogen) atoms. The van der Waals surface area contributed by atoms with Crippen molar-refractivity contribution in [3.8, 4) is 11.4 Å². The number of halogens is 1. The zero-order chi connectivity index (χ0) is 12.4. The van der Waals surface area contributed by atoms with Gasteiger partial charge in [0.1, 0.15) is 5.82 Å². The summed E-state index contributed by atoms with van der Waals surface area (Å²) in [6, 6.07) is 3.76. The molecule has 5 heteroatoms. The molecule has 0 aliphatic rings. The van der Waals surface area contributed by atoms with Gasteiger partial charge in [0.2, 0.25) is 0 Å². The molecular formula is C12H13IN4. The second kappa shape index (κ2) is 4.95. The highest BCUT2D eigenvalue weighted by Gasteiger charge is 2.13. The Morgan fingerprint density at radius 3 is 2.41 bits per heavy atom. The van der Waals surface area contributed by atoms with Crippen LogP contribution in [0.15, 0.2) is 24.5 Å². The molecule has 0 spiro atoms. The Morgan fingerprint density at radius 1 is 1.18 bits per heavy atom. The van der Waals surface area contributed by atoms with Gasteiger partial charge in [-0.1, -0.05) is 13.8 Å². The normalized spacial score (nSPS) is 10.8. The molecule has 0 aromatic carbocycles. The van der Waals surface area contributed by atoms with E-state index in [-0.39, 0.29) is 0 Å². The predicted molar refractivity (Wildman–Crippen MR) is 76.5 cm³/mol. The monoisotopic (exact) mass is 340 g/mol. The van der Waals surface area contributed by atoms with E-state index >= 15 is 0 Å². The van der Waals surface area contributed by atoms with E-state index in [1.807, 2.05) is 12.1 Å². The molecule has 0 amide bonds. The van der Waals surface area contributed by atoms with Crippen molar-refractivity contribution < 1.29 is 0 Å². The van der Waals surface area contributed by atoms with Crippen molar-refractivity contribution >= 4 is 28.4 Å². The number of hydrogen-bond acceptors (Lipinski definition) is 4. The van der Waals surface area contributed by atoms with Crippen LogP contribution in [0, 0.1) is 3.57 Å². The first kappa shape index (κ1) is 12.2. The van der Waals surface area contributed by atoms with E-state index in [2.05, 4.69) is 51.4 Å². The smallest absolute Gasteiger partial charge is 0.161 e. The number of hydrogen-bond donors (Lipinski definition) is 1. The second-order valence-corrected chi connectivity index (χ2v) is 5.10. The molecule has 0 fully saturated rings. The number of nitrogens with zero attached hydrogens (tertiary/aromatic N) is 3. The van der Waals surface area contributed by atoms with Crippen LogP contribution >= 0.6 is 22.6 Å². The number of anilines is 1. The zero-order valence-electron chi connectivity index (χ0n) is 9.68. The van der Waals surface area contributed by atoms with Gasteiger partial charge in [0, 0.05) is 18.0 Å². The van der Waals surface area contributed by atoms with Gasteiger partial charge < -0.3 is 5.73 Å². The summed E-state index contributed by atoms with van der Waals surface area (Å²) in [5.41, 5.74) is 7.85. The molecule has 2 rings (SSSR count). The molecular weight excluding hydrogens is 327 g/mol. The molecule has 0 aliphatic heterocycles. The first-order valence-corrected chi connectivity index (χ1v) is 6.40. The lowest BCUT2D eigenvalue weighted by Crippen LogP contribution is -2.06. The number of pyridine rings is 1. The van der Waals surface area contributed by atoms with E-state index in [4.69, 9.17) is 5.73 Å². The molecule has 2 aromatic heterocycles. The lowest BCUT2D eigenvalue weighted by atomic mass is 10.1. The number of aromatic nitrogens is 3. The van der Waals surface area contributed by atoms with Gasteiger partial charge in [0.25, 0.3) is 0 Å². The van der Waals surface area contributed by atoms with Gasteiger partial charge >= 0.3 is 0 Å².